The standard InChI is InChI=1S/C18H25NO3/c1-12-9-10-13(2)16(11-12)18(21)22-14(3)17(20)19-15-7-5-4-6-8-15/h9-11,14-15H,4-8H2,1-3H3,(H,19,20). The first kappa shape index (κ1) is 16.5. The molecule has 0 spiro atoms. The van der Waals surface area contributed by atoms with E-state index in [1.807, 2.05) is 26.0 Å². The first-order valence-corrected chi connectivity index (χ1v) is 8.06. The number of benzene rings is 1. The van der Waals surface area contributed by atoms with Gasteiger partial charge in [-0.15, -0.1) is 0 Å². The summed E-state index contributed by atoms with van der Waals surface area (Å²) in [6.45, 7) is 5.42. The molecule has 0 aromatic heterocycles. The van der Waals surface area contributed by atoms with Crippen molar-refractivity contribution in [3.05, 3.63) is 34.9 Å². The Kier molecular flexibility index (Phi) is 5.58. The molecule has 0 saturated heterocycles. The van der Waals surface area contributed by atoms with Crippen LogP contribution in [0.2, 0.25) is 0 Å². The highest BCUT2D eigenvalue weighted by molar-refractivity contribution is 5.93. The van der Waals surface area contributed by atoms with Crippen LogP contribution in [-0.4, -0.2) is 24.0 Å². The third-order valence-electron chi connectivity index (χ3n) is 4.22. The molecule has 4 nitrogen and oxygen atoms in total. The Morgan fingerprint density at radius 2 is 1.86 bits per heavy atom. The van der Waals surface area contributed by atoms with Crippen molar-refractivity contribution in [1.82, 2.24) is 5.32 Å². The maximum absolute atomic E-state index is 12.2. The van der Waals surface area contributed by atoms with Crippen molar-refractivity contribution in [3.8, 4) is 0 Å². The highest BCUT2D eigenvalue weighted by Gasteiger charge is 2.23. The van der Waals surface area contributed by atoms with E-state index in [4.69, 9.17) is 4.74 Å². The number of ether oxygens (including phenoxy) is 1. The van der Waals surface area contributed by atoms with E-state index in [2.05, 4.69) is 5.32 Å². The summed E-state index contributed by atoms with van der Waals surface area (Å²) < 4.78 is 5.32. The van der Waals surface area contributed by atoms with Crippen molar-refractivity contribution in [2.45, 2.75) is 65.0 Å². The number of hydrogen-bond acceptors (Lipinski definition) is 3. The lowest BCUT2D eigenvalue weighted by atomic mass is 9.95. The average molecular weight is 303 g/mol. The average Bonchev–Trinajstić information content (AvgIpc) is 2.50. The van der Waals surface area contributed by atoms with E-state index in [0.29, 0.717) is 5.56 Å². The Bertz CT molecular complexity index is 547. The fraction of sp³-hybridized carbons (Fsp3) is 0.556. The molecule has 0 heterocycles. The number of carbonyl (C=O) groups excluding carboxylic acids is 2. The zero-order valence-corrected chi connectivity index (χ0v) is 13.6. The quantitative estimate of drug-likeness (QED) is 0.868. The van der Waals surface area contributed by atoms with Gasteiger partial charge in [0, 0.05) is 6.04 Å². The van der Waals surface area contributed by atoms with E-state index < -0.39 is 12.1 Å². The molecular weight excluding hydrogens is 278 g/mol. The number of nitrogens with one attached hydrogen (secondary N) is 1. The van der Waals surface area contributed by atoms with Crippen molar-refractivity contribution < 1.29 is 14.3 Å². The highest BCUT2D eigenvalue weighted by Crippen LogP contribution is 2.18. The molecule has 1 saturated carbocycles. The van der Waals surface area contributed by atoms with Gasteiger partial charge >= 0.3 is 5.97 Å². The predicted molar refractivity (Wildman–Crippen MR) is 85.8 cm³/mol. The number of aryl methyl sites for hydroxylation is 2. The lowest BCUT2D eigenvalue weighted by Crippen LogP contribution is -2.42. The van der Waals surface area contributed by atoms with Crippen molar-refractivity contribution in [1.29, 1.82) is 0 Å². The van der Waals surface area contributed by atoms with Crippen LogP contribution in [0.3, 0.4) is 0 Å². The molecular formula is C18H25NO3. The third-order valence-corrected chi connectivity index (χ3v) is 4.22. The molecule has 1 aliphatic rings. The fourth-order valence-electron chi connectivity index (χ4n) is 2.80. The second-order valence-corrected chi connectivity index (χ2v) is 6.21. The van der Waals surface area contributed by atoms with Gasteiger partial charge in [-0.2, -0.15) is 0 Å². The summed E-state index contributed by atoms with van der Waals surface area (Å²) >= 11 is 0. The number of amides is 1. The summed E-state index contributed by atoms with van der Waals surface area (Å²) in [5.41, 5.74) is 2.38. The molecule has 1 fully saturated rings. The molecule has 1 aromatic carbocycles. The molecule has 0 radical (unpaired) electrons. The van der Waals surface area contributed by atoms with Crippen LogP contribution >= 0.6 is 0 Å². The number of hydrogen-bond donors (Lipinski definition) is 1. The van der Waals surface area contributed by atoms with Crippen molar-refractivity contribution in [3.63, 3.8) is 0 Å². The summed E-state index contributed by atoms with van der Waals surface area (Å²) in [5, 5.41) is 2.99. The SMILES string of the molecule is Cc1ccc(C)c(C(=O)OC(C)C(=O)NC2CCCCC2)c1. The van der Waals surface area contributed by atoms with Crippen molar-refractivity contribution >= 4 is 11.9 Å². The second-order valence-electron chi connectivity index (χ2n) is 6.21. The maximum Gasteiger partial charge on any atom is 0.339 e. The predicted octanol–water partition coefficient (Wildman–Crippen LogP) is 3.30. The molecule has 1 amide bonds. The smallest absolute Gasteiger partial charge is 0.339 e. The molecule has 2 rings (SSSR count). The van der Waals surface area contributed by atoms with Gasteiger partial charge in [0.1, 0.15) is 0 Å². The topological polar surface area (TPSA) is 55.4 Å². The Balaban J connectivity index is 1.92. The summed E-state index contributed by atoms with van der Waals surface area (Å²) in [7, 11) is 0. The van der Waals surface area contributed by atoms with E-state index in [1.54, 1.807) is 13.0 Å². The zero-order chi connectivity index (χ0) is 16.1. The van der Waals surface area contributed by atoms with Gasteiger partial charge in [0.05, 0.1) is 5.56 Å². The number of rotatable bonds is 4. The van der Waals surface area contributed by atoms with E-state index >= 15 is 0 Å². The van der Waals surface area contributed by atoms with Crippen LogP contribution in [0.15, 0.2) is 18.2 Å². The minimum absolute atomic E-state index is 0.203. The molecule has 0 bridgehead atoms. The second kappa shape index (κ2) is 7.43. The van der Waals surface area contributed by atoms with Crippen LogP contribution < -0.4 is 5.32 Å². The summed E-state index contributed by atoms with van der Waals surface area (Å²) in [6, 6.07) is 5.86. The lowest BCUT2D eigenvalue weighted by molar-refractivity contribution is -0.130. The maximum atomic E-state index is 12.2. The largest absolute Gasteiger partial charge is 0.449 e. The Hall–Kier alpha value is -1.84. The molecule has 120 valence electrons. The zero-order valence-electron chi connectivity index (χ0n) is 13.6. The summed E-state index contributed by atoms with van der Waals surface area (Å²) in [5.74, 6) is -0.641. The molecule has 22 heavy (non-hydrogen) atoms. The van der Waals surface area contributed by atoms with Crippen LogP contribution in [0.25, 0.3) is 0 Å². The Morgan fingerprint density at radius 3 is 2.55 bits per heavy atom. The van der Waals surface area contributed by atoms with Gasteiger partial charge in [-0.05, 0) is 45.2 Å². The number of esters is 1. The molecule has 0 aliphatic heterocycles. The van der Waals surface area contributed by atoms with E-state index in [9.17, 15) is 9.59 Å². The van der Waals surface area contributed by atoms with Gasteiger partial charge in [0.15, 0.2) is 6.10 Å². The first-order valence-electron chi connectivity index (χ1n) is 8.06. The van der Waals surface area contributed by atoms with Crippen molar-refractivity contribution in [2.75, 3.05) is 0 Å². The van der Waals surface area contributed by atoms with Crippen LogP contribution in [0, 0.1) is 13.8 Å². The fourth-order valence-corrected chi connectivity index (χ4v) is 2.80. The van der Waals surface area contributed by atoms with Gasteiger partial charge in [-0.1, -0.05) is 37.0 Å². The van der Waals surface area contributed by atoms with E-state index in [1.165, 1.54) is 6.42 Å². The Morgan fingerprint density at radius 1 is 1.18 bits per heavy atom. The minimum atomic E-state index is -0.769. The summed E-state index contributed by atoms with van der Waals surface area (Å²) in [6.07, 6.45) is 4.81. The first-order chi connectivity index (χ1) is 10.5. The molecule has 4 heteroatoms. The number of carbonyl (C=O) groups is 2. The highest BCUT2D eigenvalue weighted by atomic mass is 16.5. The van der Waals surface area contributed by atoms with Crippen LogP contribution in [0.1, 0.15) is 60.5 Å². The van der Waals surface area contributed by atoms with Crippen LogP contribution in [-0.2, 0) is 9.53 Å². The van der Waals surface area contributed by atoms with Crippen molar-refractivity contribution in [2.24, 2.45) is 0 Å². The molecule has 1 N–H and O–H groups in total. The van der Waals surface area contributed by atoms with Gasteiger partial charge < -0.3 is 10.1 Å². The van der Waals surface area contributed by atoms with Crippen LogP contribution in [0.4, 0.5) is 0 Å². The lowest BCUT2D eigenvalue weighted by Gasteiger charge is -2.24. The monoisotopic (exact) mass is 303 g/mol. The van der Waals surface area contributed by atoms with Gasteiger partial charge in [-0.3, -0.25) is 4.79 Å². The van der Waals surface area contributed by atoms with Gasteiger partial charge in [0.2, 0.25) is 0 Å². The van der Waals surface area contributed by atoms with E-state index in [0.717, 1.165) is 36.8 Å². The molecule has 1 unspecified atom stereocenters. The van der Waals surface area contributed by atoms with Crippen LogP contribution in [0.5, 0.6) is 0 Å². The van der Waals surface area contributed by atoms with Gasteiger partial charge in [0.25, 0.3) is 5.91 Å². The minimum Gasteiger partial charge on any atom is -0.449 e. The normalized spacial score (nSPS) is 16.9. The van der Waals surface area contributed by atoms with E-state index in [-0.39, 0.29) is 11.9 Å². The molecule has 1 aliphatic carbocycles. The molecule has 1 atom stereocenters. The third kappa shape index (κ3) is 4.33. The summed E-state index contributed by atoms with van der Waals surface area (Å²) in [4.78, 5) is 24.4. The molecule has 1 aromatic rings. The Labute approximate surface area is 132 Å². The van der Waals surface area contributed by atoms with Gasteiger partial charge in [-0.25, -0.2) is 4.79 Å².